The van der Waals surface area contributed by atoms with Crippen LogP contribution in [-0.2, 0) is 4.74 Å². The van der Waals surface area contributed by atoms with Crippen LogP contribution in [0.4, 0.5) is 0 Å². The van der Waals surface area contributed by atoms with Gasteiger partial charge in [-0.2, -0.15) is 0 Å². The first-order chi connectivity index (χ1) is 5.36. The number of hydrogen-bond acceptors (Lipinski definition) is 1. The molecule has 0 aromatic heterocycles. The van der Waals surface area contributed by atoms with Gasteiger partial charge in [0, 0.05) is 0 Å². The largest absolute Gasteiger partial charge is 0.462 e. The lowest BCUT2D eigenvalue weighted by atomic mass is 10.0. The van der Waals surface area contributed by atoms with E-state index in [0.29, 0.717) is 0 Å². The van der Waals surface area contributed by atoms with Gasteiger partial charge in [-0.1, -0.05) is 18.2 Å². The number of ether oxygens (including phenoxy) is 1. The molecule has 2 rings (SSSR count). The lowest BCUT2D eigenvalue weighted by Crippen LogP contribution is -2.00. The molecule has 56 valence electrons. The Balaban J connectivity index is 2.36. The van der Waals surface area contributed by atoms with E-state index >= 15 is 0 Å². The highest BCUT2D eigenvalue weighted by Crippen LogP contribution is 2.26. The SMILES string of the molecule is CC1=CC=C2CC=CC=C2O1. The molecule has 0 bridgehead atoms. The first-order valence-electron chi connectivity index (χ1n) is 3.79. The maximum Gasteiger partial charge on any atom is 0.130 e. The van der Waals surface area contributed by atoms with Crippen LogP contribution in [0.1, 0.15) is 13.3 Å². The Bertz CT molecular complexity index is 290. The standard InChI is InChI=1S/C10H10O/c1-8-6-7-9-4-2-3-5-10(9)11-8/h2-3,5-7H,4H2,1H3. The van der Waals surface area contributed by atoms with Gasteiger partial charge in [-0.05, 0) is 31.1 Å². The van der Waals surface area contributed by atoms with Crippen molar-refractivity contribution in [2.24, 2.45) is 0 Å². The van der Waals surface area contributed by atoms with Crippen molar-refractivity contribution in [1.29, 1.82) is 0 Å². The topological polar surface area (TPSA) is 9.23 Å². The Morgan fingerprint density at radius 3 is 3.09 bits per heavy atom. The van der Waals surface area contributed by atoms with Gasteiger partial charge in [-0.3, -0.25) is 0 Å². The summed E-state index contributed by atoms with van der Waals surface area (Å²) in [5, 5.41) is 0. The summed E-state index contributed by atoms with van der Waals surface area (Å²) in [5.41, 5.74) is 1.28. The summed E-state index contributed by atoms with van der Waals surface area (Å²) in [6.45, 7) is 1.96. The lowest BCUT2D eigenvalue weighted by Gasteiger charge is -2.17. The lowest BCUT2D eigenvalue weighted by molar-refractivity contribution is 0.309. The van der Waals surface area contributed by atoms with Crippen molar-refractivity contribution >= 4 is 0 Å². The molecule has 1 heterocycles. The van der Waals surface area contributed by atoms with Crippen LogP contribution in [0.15, 0.2) is 47.5 Å². The second-order valence-electron chi connectivity index (χ2n) is 2.73. The molecule has 0 radical (unpaired) electrons. The zero-order valence-corrected chi connectivity index (χ0v) is 6.50. The quantitative estimate of drug-likeness (QED) is 0.510. The zero-order valence-electron chi connectivity index (χ0n) is 6.50. The number of hydrogen-bond donors (Lipinski definition) is 0. The molecule has 0 fully saturated rings. The van der Waals surface area contributed by atoms with Gasteiger partial charge in [0.05, 0.1) is 0 Å². The Hall–Kier alpha value is -1.24. The molecule has 1 heteroatoms. The van der Waals surface area contributed by atoms with Crippen LogP contribution in [0.25, 0.3) is 0 Å². The van der Waals surface area contributed by atoms with Gasteiger partial charge in [0.1, 0.15) is 11.5 Å². The minimum absolute atomic E-state index is 0.968. The zero-order chi connectivity index (χ0) is 7.68. The van der Waals surface area contributed by atoms with Crippen LogP contribution in [0.3, 0.4) is 0 Å². The monoisotopic (exact) mass is 146 g/mol. The highest BCUT2D eigenvalue weighted by molar-refractivity contribution is 5.40. The molecule has 0 spiro atoms. The van der Waals surface area contributed by atoms with Gasteiger partial charge in [-0.15, -0.1) is 0 Å². The Kier molecular flexibility index (Phi) is 1.42. The second-order valence-corrected chi connectivity index (χ2v) is 2.73. The average Bonchev–Trinajstić information content (AvgIpc) is 2.04. The summed E-state index contributed by atoms with van der Waals surface area (Å²) in [5.74, 6) is 1.97. The van der Waals surface area contributed by atoms with Crippen molar-refractivity contribution in [3.05, 3.63) is 47.5 Å². The third kappa shape index (κ3) is 1.14. The normalized spacial score (nSPS) is 21.0. The predicted molar refractivity (Wildman–Crippen MR) is 44.8 cm³/mol. The van der Waals surface area contributed by atoms with E-state index < -0.39 is 0 Å². The molecular weight excluding hydrogens is 136 g/mol. The van der Waals surface area contributed by atoms with Gasteiger partial charge >= 0.3 is 0 Å². The van der Waals surface area contributed by atoms with Crippen LogP contribution in [-0.4, -0.2) is 0 Å². The molecule has 0 N–H and O–H groups in total. The summed E-state index contributed by atoms with van der Waals surface area (Å²) in [4.78, 5) is 0. The Labute approximate surface area is 66.4 Å². The Morgan fingerprint density at radius 2 is 2.18 bits per heavy atom. The molecule has 1 nitrogen and oxygen atoms in total. The second kappa shape index (κ2) is 2.42. The maximum absolute atomic E-state index is 5.49. The average molecular weight is 146 g/mol. The van der Waals surface area contributed by atoms with Crippen LogP contribution in [0, 0.1) is 0 Å². The van der Waals surface area contributed by atoms with Crippen LogP contribution < -0.4 is 0 Å². The van der Waals surface area contributed by atoms with Gasteiger partial charge < -0.3 is 4.74 Å². The number of fused-ring (bicyclic) bond motifs is 1. The van der Waals surface area contributed by atoms with Crippen LogP contribution in [0.2, 0.25) is 0 Å². The smallest absolute Gasteiger partial charge is 0.130 e. The minimum Gasteiger partial charge on any atom is -0.462 e. The summed E-state index contributed by atoms with van der Waals surface area (Å²) < 4.78 is 5.49. The van der Waals surface area contributed by atoms with Gasteiger partial charge in [-0.25, -0.2) is 0 Å². The van der Waals surface area contributed by atoms with E-state index in [2.05, 4.69) is 12.2 Å². The molecule has 1 aliphatic heterocycles. The van der Waals surface area contributed by atoms with Crippen molar-refractivity contribution in [2.45, 2.75) is 13.3 Å². The molecule has 2 aliphatic rings. The minimum atomic E-state index is 0.968. The highest BCUT2D eigenvalue weighted by atomic mass is 16.5. The van der Waals surface area contributed by atoms with Gasteiger partial charge in [0.2, 0.25) is 0 Å². The van der Waals surface area contributed by atoms with E-state index in [1.807, 2.05) is 25.2 Å². The van der Waals surface area contributed by atoms with Crippen molar-refractivity contribution < 1.29 is 4.74 Å². The summed E-state index contributed by atoms with van der Waals surface area (Å²) in [6, 6.07) is 0. The fourth-order valence-corrected chi connectivity index (χ4v) is 1.23. The van der Waals surface area contributed by atoms with E-state index in [4.69, 9.17) is 4.74 Å². The van der Waals surface area contributed by atoms with Gasteiger partial charge in [0.15, 0.2) is 0 Å². The van der Waals surface area contributed by atoms with Crippen LogP contribution in [0.5, 0.6) is 0 Å². The van der Waals surface area contributed by atoms with E-state index in [1.54, 1.807) is 0 Å². The molecule has 0 amide bonds. The fraction of sp³-hybridized carbons (Fsp3) is 0.200. The van der Waals surface area contributed by atoms with Crippen molar-refractivity contribution in [3.63, 3.8) is 0 Å². The third-order valence-corrected chi connectivity index (χ3v) is 1.83. The summed E-state index contributed by atoms with van der Waals surface area (Å²) >= 11 is 0. The molecular formula is C10H10O. The molecule has 0 saturated heterocycles. The predicted octanol–water partition coefficient (Wildman–Crippen LogP) is 2.69. The number of allylic oxidation sites excluding steroid dienone is 7. The Morgan fingerprint density at radius 1 is 1.27 bits per heavy atom. The molecule has 0 aromatic rings. The highest BCUT2D eigenvalue weighted by Gasteiger charge is 2.11. The molecule has 0 atom stereocenters. The van der Waals surface area contributed by atoms with Gasteiger partial charge in [0.25, 0.3) is 0 Å². The van der Waals surface area contributed by atoms with E-state index in [9.17, 15) is 0 Å². The van der Waals surface area contributed by atoms with E-state index in [-0.39, 0.29) is 0 Å². The first kappa shape index (κ1) is 6.47. The van der Waals surface area contributed by atoms with E-state index in [1.165, 1.54) is 5.57 Å². The third-order valence-electron chi connectivity index (χ3n) is 1.83. The van der Waals surface area contributed by atoms with E-state index in [0.717, 1.165) is 17.9 Å². The first-order valence-corrected chi connectivity index (χ1v) is 3.79. The summed E-state index contributed by atoms with van der Waals surface area (Å²) in [7, 11) is 0. The van der Waals surface area contributed by atoms with Crippen molar-refractivity contribution in [2.75, 3.05) is 0 Å². The van der Waals surface area contributed by atoms with Crippen LogP contribution >= 0.6 is 0 Å². The number of rotatable bonds is 0. The molecule has 11 heavy (non-hydrogen) atoms. The fourth-order valence-electron chi connectivity index (χ4n) is 1.23. The van der Waals surface area contributed by atoms with Crippen molar-refractivity contribution in [3.8, 4) is 0 Å². The molecule has 0 unspecified atom stereocenters. The molecule has 0 saturated carbocycles. The summed E-state index contributed by atoms with van der Waals surface area (Å²) in [6.07, 6.45) is 11.3. The maximum atomic E-state index is 5.49. The molecule has 1 aliphatic carbocycles. The van der Waals surface area contributed by atoms with Crippen molar-refractivity contribution in [1.82, 2.24) is 0 Å². The molecule has 0 aromatic carbocycles.